The molecule has 0 aliphatic heterocycles. The van der Waals surface area contributed by atoms with Crippen LogP contribution in [0, 0.1) is 0 Å². The molecule has 1 unspecified atom stereocenters. The summed E-state index contributed by atoms with van der Waals surface area (Å²) >= 11 is 0. The first-order chi connectivity index (χ1) is 11.7. The summed E-state index contributed by atoms with van der Waals surface area (Å²) in [6.07, 6.45) is 10.0. The summed E-state index contributed by atoms with van der Waals surface area (Å²) in [6.45, 7) is 12.8. The van der Waals surface area contributed by atoms with Crippen molar-refractivity contribution in [1.29, 1.82) is 0 Å². The average Bonchev–Trinajstić information content (AvgIpc) is 2.56. The lowest BCUT2D eigenvalue weighted by Crippen LogP contribution is -2.32. The van der Waals surface area contributed by atoms with Gasteiger partial charge in [0.05, 0.1) is 6.61 Å². The number of hydrogen-bond acceptors (Lipinski definition) is 5. The van der Waals surface area contributed by atoms with E-state index in [0.717, 1.165) is 26.1 Å². The zero-order valence-electron chi connectivity index (χ0n) is 15.9. The van der Waals surface area contributed by atoms with Gasteiger partial charge in [-0.1, -0.05) is 38.2 Å². The highest BCUT2D eigenvalue weighted by atomic mass is 28.3. The molecule has 0 bridgehead atoms. The molecular formula is C18H37O5Si. The van der Waals surface area contributed by atoms with Crippen molar-refractivity contribution in [2.75, 3.05) is 33.0 Å². The van der Waals surface area contributed by atoms with Crippen molar-refractivity contribution in [2.24, 2.45) is 0 Å². The Bertz CT molecular complexity index is 260. The molecule has 0 amide bonds. The molecule has 0 fully saturated rings. The van der Waals surface area contributed by atoms with Crippen LogP contribution in [0.25, 0.3) is 0 Å². The summed E-state index contributed by atoms with van der Waals surface area (Å²) in [6, 6.07) is 0. The summed E-state index contributed by atoms with van der Waals surface area (Å²) in [4.78, 5) is 0. The zero-order chi connectivity index (χ0) is 17.9. The predicted octanol–water partition coefficient (Wildman–Crippen LogP) is 4.36. The lowest BCUT2D eigenvalue weighted by molar-refractivity contribution is -0.0975. The van der Waals surface area contributed by atoms with Gasteiger partial charge in [0, 0.05) is 26.4 Å². The summed E-state index contributed by atoms with van der Waals surface area (Å²) < 4.78 is 27.5. The van der Waals surface area contributed by atoms with E-state index < -0.39 is 9.53 Å². The molecule has 0 aromatic heterocycles. The molecule has 5 nitrogen and oxygen atoms in total. The number of unbranched alkanes of at least 4 members (excludes halogenated alkanes) is 6. The van der Waals surface area contributed by atoms with Crippen LogP contribution in [0.1, 0.15) is 65.7 Å². The van der Waals surface area contributed by atoms with Crippen molar-refractivity contribution in [3.8, 4) is 0 Å². The summed E-state index contributed by atoms with van der Waals surface area (Å²) in [7, 11) is -1.65. The lowest BCUT2D eigenvalue weighted by Gasteiger charge is -2.18. The third-order valence-electron chi connectivity index (χ3n) is 3.31. The van der Waals surface area contributed by atoms with Crippen LogP contribution in [-0.4, -0.2) is 48.9 Å². The zero-order valence-corrected chi connectivity index (χ0v) is 16.9. The maximum atomic E-state index is 5.67. The van der Waals surface area contributed by atoms with Crippen molar-refractivity contribution < 1.29 is 22.8 Å². The fourth-order valence-electron chi connectivity index (χ4n) is 2.12. The van der Waals surface area contributed by atoms with Gasteiger partial charge in [0.15, 0.2) is 0 Å². The first kappa shape index (κ1) is 23.8. The third kappa shape index (κ3) is 16.6. The second-order valence-electron chi connectivity index (χ2n) is 5.51. The second-order valence-corrected chi connectivity index (χ2v) is 6.82. The number of ether oxygens (including phenoxy) is 2. The molecular weight excluding hydrogens is 324 g/mol. The average molecular weight is 362 g/mol. The molecule has 0 saturated carbocycles. The molecule has 6 heteroatoms. The largest absolute Gasteiger partial charge is 0.579 e. The van der Waals surface area contributed by atoms with Gasteiger partial charge >= 0.3 is 9.53 Å². The number of hydrogen-bond donors (Lipinski definition) is 0. The Hall–Kier alpha value is -0.243. The van der Waals surface area contributed by atoms with Crippen molar-refractivity contribution in [2.45, 2.75) is 72.0 Å². The Labute approximate surface area is 150 Å². The molecule has 0 aliphatic rings. The maximum absolute atomic E-state index is 5.67. The molecule has 143 valence electrons. The molecule has 24 heavy (non-hydrogen) atoms. The standard InChI is InChI=1S/C18H37O5Si/c1-5-15-19-16-13-11-9-8-10-12-14-17-20-18(4)23-24(21-6-2)22-7-3/h5,18H,1,6-17H2,2-4H3. The molecule has 0 aromatic carbocycles. The molecule has 0 heterocycles. The van der Waals surface area contributed by atoms with Crippen LogP contribution >= 0.6 is 0 Å². The van der Waals surface area contributed by atoms with Gasteiger partial charge in [-0.2, -0.15) is 0 Å². The lowest BCUT2D eigenvalue weighted by atomic mass is 10.1. The van der Waals surface area contributed by atoms with Crippen LogP contribution in [0.5, 0.6) is 0 Å². The van der Waals surface area contributed by atoms with E-state index in [1.54, 1.807) is 6.08 Å². The fourth-order valence-corrected chi connectivity index (χ4v) is 3.15. The Morgan fingerprint density at radius 3 is 1.96 bits per heavy atom. The van der Waals surface area contributed by atoms with Gasteiger partial charge in [-0.25, -0.2) is 0 Å². The smallest absolute Gasteiger partial charge is 0.377 e. The normalized spacial score (nSPS) is 12.7. The van der Waals surface area contributed by atoms with Crippen molar-refractivity contribution >= 4 is 9.53 Å². The molecule has 0 rings (SSSR count). The van der Waals surface area contributed by atoms with Crippen molar-refractivity contribution in [3.63, 3.8) is 0 Å². The Kier molecular flexibility index (Phi) is 18.9. The van der Waals surface area contributed by atoms with E-state index in [9.17, 15) is 0 Å². The van der Waals surface area contributed by atoms with Crippen LogP contribution < -0.4 is 0 Å². The monoisotopic (exact) mass is 361 g/mol. The maximum Gasteiger partial charge on any atom is 0.579 e. The van der Waals surface area contributed by atoms with Crippen LogP contribution in [0.2, 0.25) is 0 Å². The predicted molar refractivity (Wildman–Crippen MR) is 98.8 cm³/mol. The van der Waals surface area contributed by atoms with E-state index in [-0.39, 0.29) is 6.29 Å². The van der Waals surface area contributed by atoms with E-state index in [4.69, 9.17) is 22.8 Å². The highest BCUT2D eigenvalue weighted by molar-refractivity contribution is 6.36. The van der Waals surface area contributed by atoms with Crippen LogP contribution in [-0.2, 0) is 22.8 Å². The third-order valence-corrected chi connectivity index (χ3v) is 4.88. The SMILES string of the molecule is C=CCOCCCCCCCCCOC(C)O[Si](OCC)OCC. The Morgan fingerprint density at radius 1 is 0.875 bits per heavy atom. The molecule has 1 radical (unpaired) electrons. The first-order valence-corrected chi connectivity index (χ1v) is 10.6. The molecule has 0 N–H and O–H groups in total. The molecule has 1 atom stereocenters. The minimum atomic E-state index is -1.65. The highest BCUT2D eigenvalue weighted by Gasteiger charge is 2.21. The Morgan fingerprint density at radius 2 is 1.42 bits per heavy atom. The molecule has 0 aliphatic carbocycles. The summed E-state index contributed by atoms with van der Waals surface area (Å²) in [5.74, 6) is 0. The first-order valence-electron chi connectivity index (χ1n) is 9.34. The Balaban J connectivity index is 3.34. The van der Waals surface area contributed by atoms with Crippen LogP contribution in [0.15, 0.2) is 12.7 Å². The molecule has 0 saturated heterocycles. The second kappa shape index (κ2) is 19.1. The van der Waals surface area contributed by atoms with Crippen LogP contribution in [0.4, 0.5) is 0 Å². The van der Waals surface area contributed by atoms with Gasteiger partial charge in [0.2, 0.25) is 0 Å². The van der Waals surface area contributed by atoms with Gasteiger partial charge in [0.1, 0.15) is 6.29 Å². The van der Waals surface area contributed by atoms with Crippen LogP contribution in [0.3, 0.4) is 0 Å². The van der Waals surface area contributed by atoms with Gasteiger partial charge in [-0.15, -0.1) is 6.58 Å². The summed E-state index contributed by atoms with van der Waals surface area (Å²) in [5.41, 5.74) is 0. The highest BCUT2D eigenvalue weighted by Crippen LogP contribution is 2.08. The minimum Gasteiger partial charge on any atom is -0.377 e. The molecule has 0 aromatic rings. The van der Waals surface area contributed by atoms with E-state index in [1.165, 1.54) is 32.1 Å². The van der Waals surface area contributed by atoms with E-state index >= 15 is 0 Å². The van der Waals surface area contributed by atoms with Gasteiger partial charge in [0.25, 0.3) is 0 Å². The van der Waals surface area contributed by atoms with Crippen molar-refractivity contribution in [3.05, 3.63) is 12.7 Å². The summed E-state index contributed by atoms with van der Waals surface area (Å²) in [5, 5.41) is 0. The van der Waals surface area contributed by atoms with E-state index in [2.05, 4.69) is 6.58 Å². The quantitative estimate of drug-likeness (QED) is 0.148. The minimum absolute atomic E-state index is 0.271. The van der Waals surface area contributed by atoms with Gasteiger partial charge in [-0.3, -0.25) is 0 Å². The van der Waals surface area contributed by atoms with Crippen molar-refractivity contribution in [1.82, 2.24) is 0 Å². The van der Waals surface area contributed by atoms with Gasteiger partial charge in [-0.05, 0) is 33.6 Å². The fraction of sp³-hybridized carbons (Fsp3) is 0.889. The van der Waals surface area contributed by atoms with Gasteiger partial charge < -0.3 is 22.8 Å². The number of rotatable bonds is 19. The molecule has 0 spiro atoms. The van der Waals surface area contributed by atoms with E-state index in [0.29, 0.717) is 19.8 Å². The topological polar surface area (TPSA) is 46.2 Å². The van der Waals surface area contributed by atoms with E-state index in [1.807, 2.05) is 20.8 Å².